The topological polar surface area (TPSA) is 0 Å². The second kappa shape index (κ2) is 99.2. The molecule has 0 saturated heterocycles. The van der Waals surface area contributed by atoms with Crippen LogP contribution in [0.15, 0.2) is 0 Å². The molecular weight excluding hydrogens is 1010 g/mol. The van der Waals surface area contributed by atoms with Crippen molar-refractivity contribution in [3.63, 3.8) is 0 Å². The quantitative estimate of drug-likeness (QED) is 0.0533. The third kappa shape index (κ3) is 104. The standard InChI is InChI=1S/C21H44.C17H36.2C13H28.C11H24.C9H20/c1-4-7-9-11-13-14-16-18-20-21(6-3)19-17-15-12-10-8-5-2;1-4-7-9-11-12-14-16-17(6-3)15-13-10-8-5-2;1-4-7-9-10-12-13(6-3)11-8-5-2;1-3-5-7-9-11-13-12-10-8-6-4-2;1-3-5-7-9-11-10-8-6-4-2;1-3-5-7-9-8-6-4-2/h21H,4-20H2,1-3H3;17H,4-16H2,1-3H3;13H,4-12H2,1-3H3;3-13H2,1-2H3;3-11H2,1-2H3;3-9H2,1-2H3. The van der Waals surface area contributed by atoms with Gasteiger partial charge in [0, 0.05) is 0 Å². The van der Waals surface area contributed by atoms with Crippen LogP contribution in [0.4, 0.5) is 0 Å². The first-order chi connectivity index (χ1) is 41.3. The Balaban J connectivity index is -0.000000222. The van der Waals surface area contributed by atoms with Gasteiger partial charge in [-0.05, 0) is 17.8 Å². The predicted octanol–water partition coefficient (Wildman–Crippen LogP) is 33.8. The highest BCUT2D eigenvalue weighted by Gasteiger charge is 2.08. The highest BCUT2D eigenvalue weighted by molar-refractivity contribution is 4.61. The summed E-state index contributed by atoms with van der Waals surface area (Å²) < 4.78 is 0. The summed E-state index contributed by atoms with van der Waals surface area (Å²) in [5.74, 6) is 3.08. The summed E-state index contributed by atoms with van der Waals surface area (Å²) in [6.45, 7) is 34.5. The van der Waals surface area contributed by atoms with Gasteiger partial charge in [0.05, 0.1) is 0 Å². The molecule has 0 saturated carbocycles. The van der Waals surface area contributed by atoms with Crippen molar-refractivity contribution in [2.45, 2.75) is 528 Å². The van der Waals surface area contributed by atoms with Crippen LogP contribution in [0.25, 0.3) is 0 Å². The van der Waals surface area contributed by atoms with Crippen molar-refractivity contribution in [2.24, 2.45) is 17.8 Å². The van der Waals surface area contributed by atoms with Gasteiger partial charge in [-0.15, -0.1) is 0 Å². The molecule has 0 aromatic heterocycles. The summed E-state index contributed by atoms with van der Waals surface area (Å²) in [4.78, 5) is 0. The van der Waals surface area contributed by atoms with Crippen LogP contribution in [0.2, 0.25) is 0 Å². The third-order valence-electron chi connectivity index (χ3n) is 18.6. The summed E-state index contributed by atoms with van der Waals surface area (Å²) >= 11 is 0. The molecule has 0 aliphatic carbocycles. The van der Waals surface area contributed by atoms with Crippen LogP contribution in [0.5, 0.6) is 0 Å². The van der Waals surface area contributed by atoms with Crippen molar-refractivity contribution < 1.29 is 0 Å². The zero-order valence-corrected chi connectivity index (χ0v) is 63.4. The van der Waals surface area contributed by atoms with E-state index in [4.69, 9.17) is 0 Å². The zero-order valence-electron chi connectivity index (χ0n) is 63.4. The molecule has 0 aromatic carbocycles. The molecule has 3 unspecified atom stereocenters. The molecule has 0 amide bonds. The lowest BCUT2D eigenvalue weighted by molar-refractivity contribution is 0.392. The summed E-state index contributed by atoms with van der Waals surface area (Å²) in [6.07, 6.45) is 95.4. The third-order valence-corrected chi connectivity index (χ3v) is 18.6. The molecule has 84 heavy (non-hydrogen) atoms. The summed E-state index contributed by atoms with van der Waals surface area (Å²) in [5, 5.41) is 0. The molecule has 0 radical (unpaired) electrons. The second-order valence-electron chi connectivity index (χ2n) is 27.5. The van der Waals surface area contributed by atoms with Crippen molar-refractivity contribution >= 4 is 0 Å². The lowest BCUT2D eigenvalue weighted by atomic mass is 9.92. The Hall–Kier alpha value is 0. The predicted molar refractivity (Wildman–Crippen MR) is 400 cm³/mol. The summed E-state index contributed by atoms with van der Waals surface area (Å²) in [5.41, 5.74) is 0. The Morgan fingerprint density at radius 3 is 0.321 bits per heavy atom. The maximum absolute atomic E-state index is 2.40. The first kappa shape index (κ1) is 95.1. The van der Waals surface area contributed by atoms with Crippen LogP contribution >= 0.6 is 0 Å². The SMILES string of the molecule is CCCCCCC(CC)CCCC.CCCCCCCCC.CCCCCCCCC(CC)CCCCCC.CCCCCCCCCCC.CCCCCCCCCCC(CC)CCCCCCCC.CCCCCCCCCCCCC. The number of hydrogen-bond donors (Lipinski definition) is 0. The van der Waals surface area contributed by atoms with E-state index < -0.39 is 0 Å². The molecule has 0 bridgehead atoms. The fourth-order valence-corrected chi connectivity index (χ4v) is 12.0. The van der Waals surface area contributed by atoms with Gasteiger partial charge in [0.1, 0.15) is 0 Å². The Kier molecular flexibility index (Phi) is 112. The number of rotatable bonds is 63. The van der Waals surface area contributed by atoms with E-state index in [2.05, 4.69) is 104 Å². The van der Waals surface area contributed by atoms with Gasteiger partial charge in [-0.1, -0.05) is 528 Å². The van der Waals surface area contributed by atoms with Crippen molar-refractivity contribution in [2.75, 3.05) is 0 Å². The van der Waals surface area contributed by atoms with Gasteiger partial charge in [-0.2, -0.15) is 0 Å². The van der Waals surface area contributed by atoms with E-state index in [0.717, 1.165) is 17.8 Å². The lowest BCUT2D eigenvalue weighted by Crippen LogP contribution is -1.99. The van der Waals surface area contributed by atoms with Gasteiger partial charge in [-0.3, -0.25) is 0 Å². The highest BCUT2D eigenvalue weighted by Crippen LogP contribution is 2.24. The van der Waals surface area contributed by atoms with Gasteiger partial charge in [0.2, 0.25) is 0 Å². The number of hydrogen-bond acceptors (Lipinski definition) is 0. The largest absolute Gasteiger partial charge is 0.0654 e. The normalized spacial score (nSPS) is 11.9. The first-order valence-corrected chi connectivity index (χ1v) is 41.3. The first-order valence-electron chi connectivity index (χ1n) is 41.3. The smallest absolute Gasteiger partial charge is 0.0417 e. The highest BCUT2D eigenvalue weighted by atomic mass is 14.1. The molecule has 0 aliphatic heterocycles. The molecule has 0 heteroatoms. The molecule has 0 nitrogen and oxygen atoms in total. The second-order valence-corrected chi connectivity index (χ2v) is 27.5. The van der Waals surface area contributed by atoms with Crippen molar-refractivity contribution in [3.8, 4) is 0 Å². The molecule has 0 aromatic rings. The minimum Gasteiger partial charge on any atom is -0.0654 e. The Morgan fingerprint density at radius 2 is 0.202 bits per heavy atom. The van der Waals surface area contributed by atoms with E-state index >= 15 is 0 Å². The van der Waals surface area contributed by atoms with Crippen molar-refractivity contribution in [3.05, 3.63) is 0 Å². The van der Waals surface area contributed by atoms with Gasteiger partial charge >= 0.3 is 0 Å². The Morgan fingerprint density at radius 1 is 0.107 bits per heavy atom. The molecule has 0 heterocycles. The van der Waals surface area contributed by atoms with E-state index in [1.807, 2.05) is 0 Å². The molecule has 0 spiro atoms. The molecule has 3 atom stereocenters. The minimum atomic E-state index is 1.02. The fourth-order valence-electron chi connectivity index (χ4n) is 12.0. The monoisotopic (exact) mass is 1190 g/mol. The molecule has 516 valence electrons. The summed E-state index contributed by atoms with van der Waals surface area (Å²) in [6, 6.07) is 0. The Labute approximate surface area is 542 Å². The fraction of sp³-hybridized carbons (Fsp3) is 1.00. The maximum atomic E-state index is 2.40. The van der Waals surface area contributed by atoms with Crippen LogP contribution in [0, 0.1) is 17.8 Å². The van der Waals surface area contributed by atoms with E-state index in [9.17, 15) is 0 Å². The summed E-state index contributed by atoms with van der Waals surface area (Å²) in [7, 11) is 0. The molecule has 0 N–H and O–H groups in total. The maximum Gasteiger partial charge on any atom is -0.0417 e. The van der Waals surface area contributed by atoms with Crippen LogP contribution in [0.3, 0.4) is 0 Å². The van der Waals surface area contributed by atoms with Crippen LogP contribution in [-0.4, -0.2) is 0 Å². The van der Waals surface area contributed by atoms with Crippen molar-refractivity contribution in [1.82, 2.24) is 0 Å². The average molecular weight is 1190 g/mol. The van der Waals surface area contributed by atoms with Crippen molar-refractivity contribution in [1.29, 1.82) is 0 Å². The van der Waals surface area contributed by atoms with E-state index in [1.54, 1.807) is 0 Å². The van der Waals surface area contributed by atoms with E-state index in [1.165, 1.54) is 424 Å². The lowest BCUT2D eigenvalue weighted by Gasteiger charge is -2.14. The molecule has 0 aliphatic rings. The molecule has 0 fully saturated rings. The van der Waals surface area contributed by atoms with Crippen LogP contribution < -0.4 is 0 Å². The van der Waals surface area contributed by atoms with E-state index in [-0.39, 0.29) is 0 Å². The molecular formula is C84H180. The van der Waals surface area contributed by atoms with E-state index in [0.29, 0.717) is 0 Å². The van der Waals surface area contributed by atoms with Gasteiger partial charge in [0.25, 0.3) is 0 Å². The van der Waals surface area contributed by atoms with Gasteiger partial charge < -0.3 is 0 Å². The molecule has 0 rings (SSSR count). The average Bonchev–Trinajstić information content (AvgIpc) is 3.51. The van der Waals surface area contributed by atoms with Crippen LogP contribution in [0.1, 0.15) is 528 Å². The van der Waals surface area contributed by atoms with Crippen LogP contribution in [-0.2, 0) is 0 Å². The zero-order chi connectivity index (χ0) is 63.4. The number of unbranched alkanes of at least 4 members (excludes halogenated alkanes) is 48. The Bertz CT molecular complexity index is 910. The van der Waals surface area contributed by atoms with Gasteiger partial charge in [-0.25, -0.2) is 0 Å². The van der Waals surface area contributed by atoms with Gasteiger partial charge in [0.15, 0.2) is 0 Å². The minimum absolute atomic E-state index is 1.02.